The summed E-state index contributed by atoms with van der Waals surface area (Å²) in [6, 6.07) is 6.83. The van der Waals surface area contributed by atoms with Crippen molar-refractivity contribution in [1.29, 1.82) is 5.26 Å². The van der Waals surface area contributed by atoms with Crippen LogP contribution in [-0.2, 0) is 19.7 Å². The molecule has 0 radical (unpaired) electrons. The summed E-state index contributed by atoms with van der Waals surface area (Å²) >= 11 is 3.32. The molecule has 0 aliphatic carbocycles. The maximum absolute atomic E-state index is 12.0. The highest BCUT2D eigenvalue weighted by molar-refractivity contribution is 9.10. The zero-order valence-corrected chi connectivity index (χ0v) is 14.3. The lowest BCUT2D eigenvalue weighted by Gasteiger charge is -2.33. The van der Waals surface area contributed by atoms with Crippen molar-refractivity contribution < 1.29 is 24.2 Å². The Morgan fingerprint density at radius 2 is 2.09 bits per heavy atom. The lowest BCUT2D eigenvalue weighted by atomic mass is 9.72. The van der Waals surface area contributed by atoms with Crippen LogP contribution >= 0.6 is 15.9 Å². The number of aliphatic hydroxyl groups is 1. The van der Waals surface area contributed by atoms with E-state index in [-0.39, 0.29) is 0 Å². The quantitative estimate of drug-likeness (QED) is 0.784. The number of anilines is 1. The van der Waals surface area contributed by atoms with Crippen LogP contribution in [-0.4, -0.2) is 37.6 Å². The molecule has 7 nitrogen and oxygen atoms in total. The summed E-state index contributed by atoms with van der Waals surface area (Å²) in [5.74, 6) is -2.09. The zero-order valence-electron chi connectivity index (χ0n) is 12.7. The van der Waals surface area contributed by atoms with E-state index < -0.39 is 29.6 Å². The van der Waals surface area contributed by atoms with Gasteiger partial charge in [-0.1, -0.05) is 15.9 Å². The van der Waals surface area contributed by atoms with Crippen molar-refractivity contribution in [3.63, 3.8) is 0 Å². The number of amides is 1. The van der Waals surface area contributed by atoms with Gasteiger partial charge >= 0.3 is 12.1 Å². The molecule has 2 rings (SSSR count). The van der Waals surface area contributed by atoms with E-state index >= 15 is 0 Å². The van der Waals surface area contributed by atoms with Gasteiger partial charge in [-0.3, -0.25) is 9.69 Å². The first-order valence-electron chi connectivity index (χ1n) is 6.65. The van der Waals surface area contributed by atoms with E-state index in [0.29, 0.717) is 15.7 Å². The largest absolute Gasteiger partial charge is 0.468 e. The fourth-order valence-corrected chi connectivity index (χ4v) is 3.20. The van der Waals surface area contributed by atoms with E-state index in [9.17, 15) is 20.0 Å². The van der Waals surface area contributed by atoms with Crippen molar-refractivity contribution in [3.05, 3.63) is 28.2 Å². The number of hydrogen-bond acceptors (Lipinski definition) is 6. The molecule has 1 N–H and O–H groups in total. The minimum Gasteiger partial charge on any atom is -0.468 e. The lowest BCUT2D eigenvalue weighted by Crippen LogP contribution is -2.51. The molecule has 23 heavy (non-hydrogen) atoms. The predicted molar refractivity (Wildman–Crippen MR) is 83.5 cm³/mol. The van der Waals surface area contributed by atoms with E-state index in [1.807, 2.05) is 6.07 Å². The number of carbonyl (C=O) groups is 2. The summed E-state index contributed by atoms with van der Waals surface area (Å²) in [5.41, 5.74) is -0.518. The summed E-state index contributed by atoms with van der Waals surface area (Å²) in [5, 5.41) is 20.2. The molecule has 1 aliphatic heterocycles. The van der Waals surface area contributed by atoms with Gasteiger partial charge in [0.25, 0.3) is 0 Å². The van der Waals surface area contributed by atoms with Crippen LogP contribution in [0.4, 0.5) is 10.5 Å². The molecule has 0 spiro atoms. The summed E-state index contributed by atoms with van der Waals surface area (Å²) in [4.78, 5) is 25.1. The van der Waals surface area contributed by atoms with Gasteiger partial charge in [0.05, 0.1) is 31.4 Å². The van der Waals surface area contributed by atoms with Crippen LogP contribution in [0.3, 0.4) is 0 Å². The van der Waals surface area contributed by atoms with Crippen LogP contribution in [0.5, 0.6) is 0 Å². The van der Waals surface area contributed by atoms with Crippen molar-refractivity contribution in [2.75, 3.05) is 19.1 Å². The Bertz CT molecular complexity index is 702. The maximum Gasteiger partial charge on any atom is 0.416 e. The highest BCUT2D eigenvalue weighted by Gasteiger charge is 2.57. The SMILES string of the molecule is COC(=O)[C@H](C#N)[C@@]1(C)c2cc(Br)ccc2N(C(=O)OC)[C@@H]1O. The molecule has 1 aliphatic rings. The second-order valence-corrected chi connectivity index (χ2v) is 6.16. The van der Waals surface area contributed by atoms with Gasteiger partial charge in [-0.25, -0.2) is 4.79 Å². The van der Waals surface area contributed by atoms with Gasteiger partial charge in [0.15, 0.2) is 5.92 Å². The number of rotatable bonds is 2. The average molecular weight is 383 g/mol. The third-order valence-corrected chi connectivity index (χ3v) is 4.61. The number of nitriles is 1. The Balaban J connectivity index is 2.70. The summed E-state index contributed by atoms with van der Waals surface area (Å²) in [7, 11) is 2.35. The Morgan fingerprint density at radius 1 is 1.43 bits per heavy atom. The van der Waals surface area contributed by atoms with Crippen LogP contribution < -0.4 is 4.90 Å². The normalized spacial score (nSPS) is 23.7. The van der Waals surface area contributed by atoms with Crippen LogP contribution in [0.1, 0.15) is 12.5 Å². The van der Waals surface area contributed by atoms with E-state index in [2.05, 4.69) is 20.7 Å². The third-order valence-electron chi connectivity index (χ3n) is 4.12. The van der Waals surface area contributed by atoms with E-state index in [0.717, 1.165) is 12.0 Å². The number of aliphatic hydroxyl groups excluding tert-OH is 1. The number of fused-ring (bicyclic) bond motifs is 1. The summed E-state index contributed by atoms with van der Waals surface area (Å²) < 4.78 is 10.1. The highest BCUT2D eigenvalue weighted by atomic mass is 79.9. The molecule has 0 saturated carbocycles. The first kappa shape index (κ1) is 17.2. The number of methoxy groups -OCH3 is 2. The Hall–Kier alpha value is -2.11. The first-order valence-corrected chi connectivity index (χ1v) is 7.44. The molecule has 1 aromatic rings. The van der Waals surface area contributed by atoms with Crippen LogP contribution in [0, 0.1) is 17.2 Å². The van der Waals surface area contributed by atoms with Crippen LogP contribution in [0.15, 0.2) is 22.7 Å². The molecule has 0 saturated heterocycles. The molecule has 3 atom stereocenters. The monoisotopic (exact) mass is 382 g/mol. The molecule has 1 heterocycles. The van der Waals surface area contributed by atoms with Gasteiger partial charge in [-0.05, 0) is 30.7 Å². The van der Waals surface area contributed by atoms with Gasteiger partial charge in [-0.2, -0.15) is 5.26 Å². The van der Waals surface area contributed by atoms with Crippen molar-refractivity contribution >= 4 is 33.7 Å². The Labute approximate surface area is 141 Å². The molecule has 0 fully saturated rings. The van der Waals surface area contributed by atoms with Crippen molar-refractivity contribution in [2.24, 2.45) is 5.92 Å². The first-order chi connectivity index (χ1) is 10.8. The number of hydrogen-bond donors (Lipinski definition) is 1. The highest BCUT2D eigenvalue weighted by Crippen LogP contribution is 2.50. The fourth-order valence-electron chi connectivity index (χ4n) is 2.84. The van der Waals surface area contributed by atoms with Gasteiger partial charge in [0.1, 0.15) is 6.23 Å². The molecular formula is C15H15BrN2O5. The fraction of sp³-hybridized carbons (Fsp3) is 0.400. The van der Waals surface area contributed by atoms with E-state index in [4.69, 9.17) is 4.74 Å². The van der Waals surface area contributed by atoms with Crippen LogP contribution in [0.25, 0.3) is 0 Å². The van der Waals surface area contributed by atoms with Gasteiger partial charge in [-0.15, -0.1) is 0 Å². The third kappa shape index (κ3) is 2.46. The number of nitrogens with zero attached hydrogens (tertiary/aromatic N) is 2. The predicted octanol–water partition coefficient (Wildman–Crippen LogP) is 1.92. The smallest absolute Gasteiger partial charge is 0.416 e. The van der Waals surface area contributed by atoms with Crippen molar-refractivity contribution in [1.82, 2.24) is 0 Å². The number of benzene rings is 1. The molecule has 122 valence electrons. The van der Waals surface area contributed by atoms with Gasteiger partial charge in [0.2, 0.25) is 0 Å². The molecule has 0 unspecified atom stereocenters. The van der Waals surface area contributed by atoms with Crippen molar-refractivity contribution in [2.45, 2.75) is 18.6 Å². The molecule has 1 amide bonds. The van der Waals surface area contributed by atoms with E-state index in [1.54, 1.807) is 18.2 Å². The average Bonchev–Trinajstić information content (AvgIpc) is 2.76. The molecular weight excluding hydrogens is 368 g/mol. The lowest BCUT2D eigenvalue weighted by molar-refractivity contribution is -0.147. The molecule has 0 aromatic heterocycles. The standard InChI is InChI=1S/C15H15BrN2O5/c1-15(10(7-17)12(19)22-2)9-6-8(16)4-5-11(9)18(13(15)20)14(21)23-3/h4-6,10,13,20H,1-3H3/t10-,13+,15+/m0/s1. The summed E-state index contributed by atoms with van der Waals surface area (Å²) in [6.45, 7) is 1.54. The van der Waals surface area contributed by atoms with Crippen LogP contribution in [0.2, 0.25) is 0 Å². The molecule has 0 bridgehead atoms. The molecule has 1 aromatic carbocycles. The number of esters is 1. The Morgan fingerprint density at radius 3 is 2.61 bits per heavy atom. The minimum atomic E-state index is -1.46. The van der Waals surface area contributed by atoms with Gasteiger partial charge in [0, 0.05) is 4.47 Å². The molecule has 8 heteroatoms. The Kier molecular flexibility index (Phi) is 4.63. The second kappa shape index (κ2) is 6.18. The summed E-state index contributed by atoms with van der Waals surface area (Å²) in [6.07, 6.45) is -2.24. The maximum atomic E-state index is 12.0. The van der Waals surface area contributed by atoms with Gasteiger partial charge < -0.3 is 14.6 Å². The van der Waals surface area contributed by atoms with Crippen molar-refractivity contribution in [3.8, 4) is 6.07 Å². The van der Waals surface area contributed by atoms with E-state index in [1.165, 1.54) is 14.0 Å². The number of halogens is 1. The second-order valence-electron chi connectivity index (χ2n) is 5.24. The number of ether oxygens (including phenoxy) is 2. The number of carbonyl (C=O) groups excluding carboxylic acids is 2. The zero-order chi connectivity index (χ0) is 17.4. The minimum absolute atomic E-state index is 0.374. The topological polar surface area (TPSA) is 99.9 Å².